The molecule has 11 heavy (non-hydrogen) atoms. The third-order valence-corrected chi connectivity index (χ3v) is 1.93. The maximum absolute atomic E-state index is 5.50. The van der Waals surface area contributed by atoms with Gasteiger partial charge in [-0.15, -0.1) is 0 Å². The first-order chi connectivity index (χ1) is 5.24. The molecule has 0 radical (unpaired) electrons. The van der Waals surface area contributed by atoms with E-state index in [9.17, 15) is 0 Å². The van der Waals surface area contributed by atoms with Crippen LogP contribution in [0.5, 0.6) is 0 Å². The highest BCUT2D eigenvalue weighted by Crippen LogP contribution is 2.25. The zero-order valence-electron chi connectivity index (χ0n) is 8.40. The Balaban J connectivity index is 0.000000461. The second kappa shape index (κ2) is 5.22. The van der Waals surface area contributed by atoms with Gasteiger partial charge in [-0.25, -0.2) is 0 Å². The molecule has 0 aromatic carbocycles. The van der Waals surface area contributed by atoms with Gasteiger partial charge in [-0.2, -0.15) is 0 Å². The van der Waals surface area contributed by atoms with Crippen LogP contribution in [0.1, 0.15) is 47.5 Å². The molecule has 0 aliphatic carbocycles. The van der Waals surface area contributed by atoms with Gasteiger partial charge in [0, 0.05) is 6.42 Å². The van der Waals surface area contributed by atoms with Gasteiger partial charge >= 0.3 is 0 Å². The Morgan fingerprint density at radius 1 is 1.36 bits per heavy atom. The summed E-state index contributed by atoms with van der Waals surface area (Å²) in [6, 6.07) is 0. The van der Waals surface area contributed by atoms with E-state index in [4.69, 9.17) is 4.74 Å². The van der Waals surface area contributed by atoms with Gasteiger partial charge < -0.3 is 4.74 Å². The summed E-state index contributed by atoms with van der Waals surface area (Å²) in [6.45, 7) is 10.4. The molecule has 66 valence electrons. The molecule has 1 aliphatic rings. The number of hydrogen-bond acceptors (Lipinski definition) is 1. The monoisotopic (exact) mass is 156 g/mol. The van der Waals surface area contributed by atoms with Gasteiger partial charge in [0.2, 0.25) is 0 Å². The lowest BCUT2D eigenvalue weighted by Crippen LogP contribution is -2.02. The molecule has 1 rings (SSSR count). The fourth-order valence-corrected chi connectivity index (χ4v) is 1.11. The molecule has 1 atom stereocenters. The summed E-state index contributed by atoms with van der Waals surface area (Å²) in [6.07, 6.45) is 2.75. The first-order valence-corrected chi connectivity index (χ1v) is 4.57. The van der Waals surface area contributed by atoms with Crippen molar-refractivity contribution in [3.8, 4) is 0 Å². The van der Waals surface area contributed by atoms with Crippen LogP contribution in [0.25, 0.3) is 0 Å². The second-order valence-corrected chi connectivity index (χ2v) is 2.69. The van der Waals surface area contributed by atoms with Gasteiger partial charge in [-0.3, -0.25) is 0 Å². The van der Waals surface area contributed by atoms with Crippen molar-refractivity contribution in [1.82, 2.24) is 0 Å². The molecule has 1 nitrogen and oxygen atoms in total. The van der Waals surface area contributed by atoms with Crippen molar-refractivity contribution in [3.05, 3.63) is 11.3 Å². The Hall–Kier alpha value is -0.460. The Morgan fingerprint density at radius 3 is 2.09 bits per heavy atom. The normalized spacial score (nSPS) is 22.5. The summed E-state index contributed by atoms with van der Waals surface area (Å²) in [5.74, 6) is 1.14. The molecule has 1 aliphatic heterocycles. The molecule has 0 N–H and O–H groups in total. The van der Waals surface area contributed by atoms with Crippen LogP contribution in [-0.2, 0) is 4.74 Å². The van der Waals surface area contributed by atoms with E-state index in [0.29, 0.717) is 6.10 Å². The van der Waals surface area contributed by atoms with Gasteiger partial charge in [-0.1, -0.05) is 20.8 Å². The van der Waals surface area contributed by atoms with E-state index in [1.807, 2.05) is 20.8 Å². The Bertz CT molecular complexity index is 122. The first-order valence-electron chi connectivity index (χ1n) is 4.57. The molecule has 0 spiro atoms. The van der Waals surface area contributed by atoms with Crippen molar-refractivity contribution in [3.63, 3.8) is 0 Å². The van der Waals surface area contributed by atoms with Crippen LogP contribution in [0, 0.1) is 0 Å². The van der Waals surface area contributed by atoms with E-state index in [1.54, 1.807) is 0 Å². The number of rotatable bonds is 1. The van der Waals surface area contributed by atoms with Crippen LogP contribution in [0.15, 0.2) is 11.3 Å². The first kappa shape index (κ1) is 10.5. The average Bonchev–Trinajstić information content (AvgIpc) is 2.36. The molecule has 0 fully saturated rings. The molecule has 1 heterocycles. The van der Waals surface area contributed by atoms with E-state index < -0.39 is 0 Å². The highest BCUT2D eigenvalue weighted by atomic mass is 16.5. The number of allylic oxidation sites excluding steroid dienone is 1. The highest BCUT2D eigenvalue weighted by molar-refractivity contribution is 5.09. The Morgan fingerprint density at radius 2 is 1.91 bits per heavy atom. The minimum absolute atomic E-state index is 0.477. The predicted molar refractivity (Wildman–Crippen MR) is 49.5 cm³/mol. The smallest absolute Gasteiger partial charge is 0.102 e. The lowest BCUT2D eigenvalue weighted by atomic mass is 10.1. The van der Waals surface area contributed by atoms with Crippen LogP contribution in [0.3, 0.4) is 0 Å². The quantitative estimate of drug-likeness (QED) is 0.564. The fraction of sp³-hybridized carbons (Fsp3) is 0.800. The lowest BCUT2D eigenvalue weighted by Gasteiger charge is -2.06. The van der Waals surface area contributed by atoms with Crippen LogP contribution in [0.4, 0.5) is 0 Å². The van der Waals surface area contributed by atoms with Gasteiger partial charge in [0.1, 0.15) is 6.10 Å². The van der Waals surface area contributed by atoms with Crippen molar-refractivity contribution < 1.29 is 4.74 Å². The van der Waals surface area contributed by atoms with Crippen molar-refractivity contribution in [2.45, 2.75) is 53.6 Å². The van der Waals surface area contributed by atoms with E-state index in [0.717, 1.165) is 18.6 Å². The molecule has 1 heteroatoms. The maximum atomic E-state index is 5.50. The molecular formula is C10H20O. The van der Waals surface area contributed by atoms with E-state index >= 15 is 0 Å². The summed E-state index contributed by atoms with van der Waals surface area (Å²) in [5, 5.41) is 0. The Kier molecular flexibility index (Phi) is 5.01. The van der Waals surface area contributed by atoms with Crippen molar-refractivity contribution >= 4 is 0 Å². The van der Waals surface area contributed by atoms with Gasteiger partial charge in [-0.05, 0) is 25.8 Å². The third kappa shape index (κ3) is 2.96. The van der Waals surface area contributed by atoms with Gasteiger partial charge in [0.05, 0.1) is 5.76 Å². The minimum Gasteiger partial charge on any atom is -0.495 e. The van der Waals surface area contributed by atoms with Crippen LogP contribution in [-0.4, -0.2) is 6.10 Å². The van der Waals surface area contributed by atoms with E-state index in [-0.39, 0.29) is 0 Å². The van der Waals surface area contributed by atoms with Crippen LogP contribution < -0.4 is 0 Å². The molecule has 1 unspecified atom stereocenters. The number of hydrogen-bond donors (Lipinski definition) is 0. The molecular weight excluding hydrogens is 136 g/mol. The zero-order valence-corrected chi connectivity index (χ0v) is 8.40. The number of ether oxygens (including phenoxy) is 1. The van der Waals surface area contributed by atoms with Crippen LogP contribution >= 0.6 is 0 Å². The van der Waals surface area contributed by atoms with Gasteiger partial charge in [0.15, 0.2) is 0 Å². The zero-order chi connectivity index (χ0) is 8.85. The third-order valence-electron chi connectivity index (χ3n) is 1.93. The average molecular weight is 156 g/mol. The standard InChI is InChI=1S/C8H14O.C2H6/c1-4-8-5-6(2)7(3)9-8;1-2/h8H,4-5H2,1-3H3;1-2H3. The SMILES string of the molecule is CC.CCC1CC(C)=C(C)O1. The summed E-state index contributed by atoms with van der Waals surface area (Å²) in [5.41, 5.74) is 1.42. The van der Waals surface area contributed by atoms with Crippen molar-refractivity contribution in [1.29, 1.82) is 0 Å². The van der Waals surface area contributed by atoms with E-state index in [2.05, 4.69) is 13.8 Å². The highest BCUT2D eigenvalue weighted by Gasteiger charge is 2.17. The van der Waals surface area contributed by atoms with Crippen LogP contribution in [0.2, 0.25) is 0 Å². The summed E-state index contributed by atoms with van der Waals surface area (Å²) in [7, 11) is 0. The van der Waals surface area contributed by atoms with E-state index in [1.165, 1.54) is 5.57 Å². The predicted octanol–water partition coefficient (Wildman–Crippen LogP) is 3.51. The van der Waals surface area contributed by atoms with Gasteiger partial charge in [0.25, 0.3) is 0 Å². The summed E-state index contributed by atoms with van der Waals surface area (Å²) < 4.78 is 5.50. The molecule has 0 bridgehead atoms. The molecule has 0 saturated heterocycles. The lowest BCUT2D eigenvalue weighted by molar-refractivity contribution is 0.141. The Labute approximate surface area is 70.4 Å². The largest absolute Gasteiger partial charge is 0.495 e. The molecule has 0 aromatic heterocycles. The molecule has 0 saturated carbocycles. The molecule has 0 aromatic rings. The maximum Gasteiger partial charge on any atom is 0.102 e. The van der Waals surface area contributed by atoms with Crippen molar-refractivity contribution in [2.24, 2.45) is 0 Å². The minimum atomic E-state index is 0.477. The summed E-state index contributed by atoms with van der Waals surface area (Å²) in [4.78, 5) is 0. The fourth-order valence-electron chi connectivity index (χ4n) is 1.11. The topological polar surface area (TPSA) is 9.23 Å². The van der Waals surface area contributed by atoms with Crippen molar-refractivity contribution in [2.75, 3.05) is 0 Å². The molecule has 0 amide bonds. The second-order valence-electron chi connectivity index (χ2n) is 2.69. The summed E-state index contributed by atoms with van der Waals surface area (Å²) >= 11 is 0.